The minimum Gasteiger partial charge on any atom is -0.492 e. The van der Waals surface area contributed by atoms with Crippen molar-refractivity contribution in [3.05, 3.63) is 23.8 Å². The molecule has 1 aromatic carbocycles. The Morgan fingerprint density at radius 2 is 1.96 bits per heavy atom. The maximum Gasteiger partial charge on any atom is 0.248 e. The number of amides is 2. The summed E-state index contributed by atoms with van der Waals surface area (Å²) in [7, 11) is -3.96. The molecule has 0 aliphatic rings. The van der Waals surface area contributed by atoms with E-state index in [2.05, 4.69) is 10.0 Å². The highest BCUT2D eigenvalue weighted by Crippen LogP contribution is 2.25. The standard InChI is InChI=1S/C15H23N3O5S/c1-4-23-12-6-5-11(15(16)20)9-13(12)24(21,22)17-8-7-14(19)18-10(2)3/h5-6,9-10,17H,4,7-8H2,1-3H3,(H2,16,20)(H,18,19). The van der Waals surface area contributed by atoms with Crippen LogP contribution in [0, 0.1) is 0 Å². The number of rotatable bonds is 9. The highest BCUT2D eigenvalue weighted by atomic mass is 32.2. The first-order valence-electron chi connectivity index (χ1n) is 7.53. The number of sulfonamides is 1. The molecule has 0 atom stereocenters. The van der Waals surface area contributed by atoms with E-state index in [1.165, 1.54) is 12.1 Å². The quantitative estimate of drug-likeness (QED) is 0.588. The van der Waals surface area contributed by atoms with Crippen LogP contribution in [0.5, 0.6) is 5.75 Å². The molecular formula is C15H23N3O5S. The van der Waals surface area contributed by atoms with Gasteiger partial charge in [-0.15, -0.1) is 0 Å². The van der Waals surface area contributed by atoms with Gasteiger partial charge in [0, 0.05) is 24.6 Å². The van der Waals surface area contributed by atoms with Crippen LogP contribution in [0.4, 0.5) is 0 Å². The molecule has 9 heteroatoms. The van der Waals surface area contributed by atoms with Crippen molar-refractivity contribution in [3.63, 3.8) is 0 Å². The van der Waals surface area contributed by atoms with E-state index in [0.717, 1.165) is 6.07 Å². The van der Waals surface area contributed by atoms with Crippen molar-refractivity contribution >= 4 is 21.8 Å². The summed E-state index contributed by atoms with van der Waals surface area (Å²) in [6.45, 7) is 5.52. The summed E-state index contributed by atoms with van der Waals surface area (Å²) in [5.41, 5.74) is 5.24. The predicted octanol–water partition coefficient (Wildman–Crippen LogP) is 0.377. The summed E-state index contributed by atoms with van der Waals surface area (Å²) in [6.07, 6.45) is -0.00309. The predicted molar refractivity (Wildman–Crippen MR) is 89.2 cm³/mol. The summed E-state index contributed by atoms with van der Waals surface area (Å²) in [4.78, 5) is 22.6. The lowest BCUT2D eigenvalue weighted by Gasteiger charge is -2.13. The van der Waals surface area contributed by atoms with Crippen molar-refractivity contribution in [2.24, 2.45) is 5.73 Å². The van der Waals surface area contributed by atoms with E-state index in [4.69, 9.17) is 10.5 Å². The topological polar surface area (TPSA) is 128 Å². The van der Waals surface area contributed by atoms with E-state index >= 15 is 0 Å². The molecule has 0 aromatic heterocycles. The second-order valence-corrected chi connectivity index (χ2v) is 7.06. The van der Waals surface area contributed by atoms with Crippen molar-refractivity contribution in [2.75, 3.05) is 13.2 Å². The van der Waals surface area contributed by atoms with Gasteiger partial charge in [0.05, 0.1) is 6.61 Å². The molecule has 0 radical (unpaired) electrons. The molecule has 8 nitrogen and oxygen atoms in total. The Hall–Kier alpha value is -2.13. The van der Waals surface area contributed by atoms with Gasteiger partial charge in [-0.25, -0.2) is 13.1 Å². The van der Waals surface area contributed by atoms with Crippen LogP contribution in [0.25, 0.3) is 0 Å². The van der Waals surface area contributed by atoms with E-state index in [9.17, 15) is 18.0 Å². The van der Waals surface area contributed by atoms with Crippen molar-refractivity contribution < 1.29 is 22.7 Å². The fourth-order valence-corrected chi connectivity index (χ4v) is 3.12. The lowest BCUT2D eigenvalue weighted by Crippen LogP contribution is -2.34. The average molecular weight is 357 g/mol. The molecule has 0 heterocycles. The van der Waals surface area contributed by atoms with Crippen LogP contribution in [0.1, 0.15) is 37.6 Å². The second kappa shape index (κ2) is 8.65. The third kappa shape index (κ3) is 5.82. The SMILES string of the molecule is CCOc1ccc(C(N)=O)cc1S(=O)(=O)NCCC(=O)NC(C)C. The number of hydrogen-bond donors (Lipinski definition) is 3. The van der Waals surface area contributed by atoms with Gasteiger partial charge in [0.15, 0.2) is 0 Å². The summed E-state index contributed by atoms with van der Waals surface area (Å²) in [5.74, 6) is -0.893. The molecule has 1 aromatic rings. The van der Waals surface area contributed by atoms with Crippen molar-refractivity contribution in [1.82, 2.24) is 10.0 Å². The van der Waals surface area contributed by atoms with Crippen molar-refractivity contribution in [1.29, 1.82) is 0 Å². The highest BCUT2D eigenvalue weighted by Gasteiger charge is 2.21. The summed E-state index contributed by atoms with van der Waals surface area (Å²) in [6, 6.07) is 3.90. The maximum absolute atomic E-state index is 12.4. The van der Waals surface area contributed by atoms with Crippen LogP contribution >= 0.6 is 0 Å². The fraction of sp³-hybridized carbons (Fsp3) is 0.467. The smallest absolute Gasteiger partial charge is 0.248 e. The van der Waals surface area contributed by atoms with E-state index in [-0.39, 0.29) is 47.7 Å². The van der Waals surface area contributed by atoms with Gasteiger partial charge in [-0.2, -0.15) is 0 Å². The Balaban J connectivity index is 2.93. The molecule has 0 spiro atoms. The number of hydrogen-bond acceptors (Lipinski definition) is 5. The molecule has 134 valence electrons. The summed E-state index contributed by atoms with van der Waals surface area (Å²) < 4.78 is 32.5. The molecule has 0 saturated carbocycles. The van der Waals surface area contributed by atoms with E-state index < -0.39 is 15.9 Å². The molecule has 24 heavy (non-hydrogen) atoms. The lowest BCUT2D eigenvalue weighted by atomic mass is 10.2. The molecule has 2 amide bonds. The number of ether oxygens (including phenoxy) is 1. The van der Waals surface area contributed by atoms with Gasteiger partial charge in [0.1, 0.15) is 10.6 Å². The van der Waals surface area contributed by atoms with E-state index in [1.807, 2.05) is 13.8 Å². The number of carbonyl (C=O) groups excluding carboxylic acids is 2. The Kier molecular flexibility index (Phi) is 7.18. The van der Waals surface area contributed by atoms with Gasteiger partial charge >= 0.3 is 0 Å². The van der Waals surface area contributed by atoms with Gasteiger partial charge < -0.3 is 15.8 Å². The highest BCUT2D eigenvalue weighted by molar-refractivity contribution is 7.89. The van der Waals surface area contributed by atoms with E-state index in [1.54, 1.807) is 6.92 Å². The van der Waals surface area contributed by atoms with Gasteiger partial charge in [0.2, 0.25) is 21.8 Å². The maximum atomic E-state index is 12.4. The second-order valence-electron chi connectivity index (χ2n) is 5.33. The Bertz CT molecular complexity index is 701. The lowest BCUT2D eigenvalue weighted by molar-refractivity contribution is -0.121. The van der Waals surface area contributed by atoms with Crippen molar-refractivity contribution in [2.45, 2.75) is 38.1 Å². The molecular weight excluding hydrogens is 334 g/mol. The number of benzene rings is 1. The largest absolute Gasteiger partial charge is 0.492 e. The van der Waals surface area contributed by atoms with Gasteiger partial charge in [-0.3, -0.25) is 9.59 Å². The minimum absolute atomic E-state index is 0.00309. The fourth-order valence-electron chi connectivity index (χ4n) is 1.92. The number of nitrogens with one attached hydrogen (secondary N) is 2. The summed E-state index contributed by atoms with van der Waals surface area (Å²) >= 11 is 0. The molecule has 1 rings (SSSR count). The zero-order chi connectivity index (χ0) is 18.3. The minimum atomic E-state index is -3.96. The first-order valence-corrected chi connectivity index (χ1v) is 9.01. The Morgan fingerprint density at radius 3 is 2.50 bits per heavy atom. The molecule has 4 N–H and O–H groups in total. The third-order valence-electron chi connectivity index (χ3n) is 2.91. The van der Waals surface area contributed by atoms with Crippen LogP contribution < -0.4 is 20.5 Å². The molecule has 0 saturated heterocycles. The summed E-state index contributed by atoms with van der Waals surface area (Å²) in [5, 5.41) is 2.66. The monoisotopic (exact) mass is 357 g/mol. The number of nitrogens with two attached hydrogens (primary N) is 1. The van der Waals surface area contributed by atoms with Crippen LogP contribution in [-0.2, 0) is 14.8 Å². The zero-order valence-corrected chi connectivity index (χ0v) is 14.8. The molecule has 0 fully saturated rings. The molecule has 0 unspecified atom stereocenters. The molecule has 0 aliphatic heterocycles. The normalized spacial score (nSPS) is 11.3. The average Bonchev–Trinajstić information content (AvgIpc) is 2.46. The van der Waals surface area contributed by atoms with Crippen LogP contribution in [0.15, 0.2) is 23.1 Å². The van der Waals surface area contributed by atoms with Crippen LogP contribution in [0.2, 0.25) is 0 Å². The first kappa shape index (κ1) is 19.9. The Morgan fingerprint density at radius 1 is 1.29 bits per heavy atom. The zero-order valence-electron chi connectivity index (χ0n) is 14.0. The van der Waals surface area contributed by atoms with Crippen LogP contribution in [-0.4, -0.2) is 39.4 Å². The Labute approximate surface area is 141 Å². The van der Waals surface area contributed by atoms with Gasteiger partial charge in [-0.1, -0.05) is 0 Å². The van der Waals surface area contributed by atoms with Crippen LogP contribution in [0.3, 0.4) is 0 Å². The third-order valence-corrected chi connectivity index (χ3v) is 4.39. The number of carbonyl (C=O) groups is 2. The first-order chi connectivity index (χ1) is 11.2. The van der Waals surface area contributed by atoms with E-state index in [0.29, 0.717) is 0 Å². The van der Waals surface area contributed by atoms with Gasteiger partial charge in [0.25, 0.3) is 0 Å². The van der Waals surface area contributed by atoms with Crippen molar-refractivity contribution in [3.8, 4) is 5.75 Å². The van der Waals surface area contributed by atoms with Gasteiger partial charge in [-0.05, 0) is 39.0 Å². The molecule has 0 bridgehead atoms. The molecule has 0 aliphatic carbocycles. The number of primary amides is 1.